The van der Waals surface area contributed by atoms with Crippen LogP contribution in [0.5, 0.6) is 5.75 Å². The van der Waals surface area contributed by atoms with Crippen molar-refractivity contribution in [1.82, 2.24) is 4.90 Å². The SMILES string of the molecule is CCCCN(C(=O)c1ccc(Cl)cc1O)C(C)CC. The Labute approximate surface area is 120 Å². The Bertz CT molecular complexity index is 434. The van der Waals surface area contributed by atoms with Gasteiger partial charge in [-0.3, -0.25) is 4.79 Å². The largest absolute Gasteiger partial charge is 0.507 e. The zero-order valence-electron chi connectivity index (χ0n) is 11.8. The molecule has 0 aliphatic rings. The lowest BCUT2D eigenvalue weighted by Gasteiger charge is -2.29. The van der Waals surface area contributed by atoms with Gasteiger partial charge in [0.15, 0.2) is 0 Å². The van der Waals surface area contributed by atoms with Crippen LogP contribution in [0.25, 0.3) is 0 Å². The van der Waals surface area contributed by atoms with Crippen LogP contribution in [0.1, 0.15) is 50.4 Å². The van der Waals surface area contributed by atoms with Crippen molar-refractivity contribution in [3.63, 3.8) is 0 Å². The number of halogens is 1. The van der Waals surface area contributed by atoms with Gasteiger partial charge in [-0.15, -0.1) is 0 Å². The van der Waals surface area contributed by atoms with E-state index in [0.29, 0.717) is 17.1 Å². The van der Waals surface area contributed by atoms with Crippen molar-refractivity contribution in [1.29, 1.82) is 0 Å². The Morgan fingerprint density at radius 1 is 1.42 bits per heavy atom. The van der Waals surface area contributed by atoms with E-state index in [-0.39, 0.29) is 17.7 Å². The van der Waals surface area contributed by atoms with Crippen LogP contribution in [0.15, 0.2) is 18.2 Å². The first kappa shape index (κ1) is 15.8. The fourth-order valence-corrected chi connectivity index (χ4v) is 2.08. The lowest BCUT2D eigenvalue weighted by Crippen LogP contribution is -2.39. The molecule has 4 heteroatoms. The predicted octanol–water partition coefficient (Wildman–Crippen LogP) is 4.09. The minimum Gasteiger partial charge on any atom is -0.507 e. The van der Waals surface area contributed by atoms with E-state index < -0.39 is 0 Å². The number of aromatic hydroxyl groups is 1. The van der Waals surface area contributed by atoms with Crippen LogP contribution in [0, 0.1) is 0 Å². The average Bonchev–Trinajstić information content (AvgIpc) is 2.38. The molecular formula is C15H22ClNO2. The summed E-state index contributed by atoms with van der Waals surface area (Å²) in [5.74, 6) is -0.181. The summed E-state index contributed by atoms with van der Waals surface area (Å²) in [6, 6.07) is 4.78. The summed E-state index contributed by atoms with van der Waals surface area (Å²) in [6.45, 7) is 6.89. The monoisotopic (exact) mass is 283 g/mol. The van der Waals surface area contributed by atoms with Crippen molar-refractivity contribution in [3.05, 3.63) is 28.8 Å². The minimum atomic E-state index is -0.128. The topological polar surface area (TPSA) is 40.5 Å². The summed E-state index contributed by atoms with van der Waals surface area (Å²) >= 11 is 5.79. The molecule has 1 unspecified atom stereocenters. The summed E-state index contributed by atoms with van der Waals surface area (Å²) in [7, 11) is 0. The van der Waals surface area contributed by atoms with Gasteiger partial charge in [0.05, 0.1) is 5.56 Å². The molecule has 3 nitrogen and oxygen atoms in total. The minimum absolute atomic E-state index is 0.0534. The second kappa shape index (κ2) is 7.39. The highest BCUT2D eigenvalue weighted by Crippen LogP contribution is 2.24. The molecule has 1 N–H and O–H groups in total. The van der Waals surface area contributed by atoms with Crippen molar-refractivity contribution in [2.75, 3.05) is 6.54 Å². The maximum atomic E-state index is 12.5. The molecule has 0 saturated heterocycles. The van der Waals surface area contributed by atoms with Crippen molar-refractivity contribution < 1.29 is 9.90 Å². The normalized spacial score (nSPS) is 12.2. The fourth-order valence-electron chi connectivity index (χ4n) is 1.91. The number of hydrogen-bond acceptors (Lipinski definition) is 2. The summed E-state index contributed by atoms with van der Waals surface area (Å²) in [6.07, 6.45) is 2.89. The number of nitrogens with zero attached hydrogens (tertiary/aromatic N) is 1. The third kappa shape index (κ3) is 4.13. The van der Waals surface area contributed by atoms with E-state index >= 15 is 0 Å². The fraction of sp³-hybridized carbons (Fsp3) is 0.533. The number of carbonyl (C=O) groups is 1. The van der Waals surface area contributed by atoms with Gasteiger partial charge in [0.1, 0.15) is 5.75 Å². The van der Waals surface area contributed by atoms with Gasteiger partial charge in [0, 0.05) is 17.6 Å². The quantitative estimate of drug-likeness (QED) is 0.854. The maximum absolute atomic E-state index is 12.5. The second-order valence-corrected chi connectivity index (χ2v) is 5.21. The van der Waals surface area contributed by atoms with Crippen LogP contribution in [0.4, 0.5) is 0 Å². The summed E-state index contributed by atoms with van der Waals surface area (Å²) in [5, 5.41) is 10.3. The molecule has 0 bridgehead atoms. The van der Waals surface area contributed by atoms with Crippen molar-refractivity contribution in [3.8, 4) is 5.75 Å². The number of benzene rings is 1. The molecule has 0 aliphatic carbocycles. The highest BCUT2D eigenvalue weighted by Gasteiger charge is 2.22. The van der Waals surface area contributed by atoms with Gasteiger partial charge in [-0.2, -0.15) is 0 Å². The van der Waals surface area contributed by atoms with Gasteiger partial charge in [0.25, 0.3) is 5.91 Å². The van der Waals surface area contributed by atoms with Crippen LogP contribution in [-0.2, 0) is 0 Å². The Kier molecular flexibility index (Phi) is 6.16. The lowest BCUT2D eigenvalue weighted by molar-refractivity contribution is 0.0682. The van der Waals surface area contributed by atoms with Gasteiger partial charge < -0.3 is 10.0 Å². The molecule has 1 aromatic rings. The molecule has 0 saturated carbocycles. The Morgan fingerprint density at radius 2 is 2.11 bits per heavy atom. The average molecular weight is 284 g/mol. The summed E-state index contributed by atoms with van der Waals surface area (Å²) in [5.41, 5.74) is 0.320. The summed E-state index contributed by atoms with van der Waals surface area (Å²) in [4.78, 5) is 14.3. The smallest absolute Gasteiger partial charge is 0.257 e. The Hall–Kier alpha value is -1.22. The molecule has 106 valence electrons. The number of amides is 1. The molecule has 0 aromatic heterocycles. The van der Waals surface area contributed by atoms with Crippen molar-refractivity contribution in [2.24, 2.45) is 0 Å². The van der Waals surface area contributed by atoms with E-state index in [1.807, 2.05) is 11.8 Å². The standard InChI is InChI=1S/C15H22ClNO2/c1-4-6-9-17(11(3)5-2)15(19)13-8-7-12(16)10-14(13)18/h7-8,10-11,18H,4-6,9H2,1-3H3. The van der Waals surface area contributed by atoms with Crippen LogP contribution < -0.4 is 0 Å². The van der Waals surface area contributed by atoms with Gasteiger partial charge >= 0.3 is 0 Å². The number of phenolic OH excluding ortho intramolecular Hbond substituents is 1. The molecule has 19 heavy (non-hydrogen) atoms. The van der Waals surface area contributed by atoms with E-state index in [0.717, 1.165) is 19.3 Å². The maximum Gasteiger partial charge on any atom is 0.257 e. The first-order valence-electron chi connectivity index (χ1n) is 6.80. The third-order valence-electron chi connectivity index (χ3n) is 3.33. The number of phenols is 1. The Morgan fingerprint density at radius 3 is 2.63 bits per heavy atom. The molecule has 1 rings (SSSR count). The molecule has 1 aromatic carbocycles. The highest BCUT2D eigenvalue weighted by atomic mass is 35.5. The van der Waals surface area contributed by atoms with E-state index in [1.54, 1.807) is 12.1 Å². The zero-order valence-corrected chi connectivity index (χ0v) is 12.6. The third-order valence-corrected chi connectivity index (χ3v) is 3.56. The Balaban J connectivity index is 2.97. The van der Waals surface area contributed by atoms with Gasteiger partial charge in [0.2, 0.25) is 0 Å². The molecule has 1 amide bonds. The molecule has 0 heterocycles. The van der Waals surface area contributed by atoms with E-state index in [9.17, 15) is 9.90 Å². The van der Waals surface area contributed by atoms with Crippen molar-refractivity contribution in [2.45, 2.75) is 46.1 Å². The van der Waals surface area contributed by atoms with Gasteiger partial charge in [-0.1, -0.05) is 31.9 Å². The van der Waals surface area contributed by atoms with E-state index in [2.05, 4.69) is 13.8 Å². The van der Waals surface area contributed by atoms with Crippen LogP contribution in [0.2, 0.25) is 5.02 Å². The van der Waals surface area contributed by atoms with Crippen LogP contribution in [0.3, 0.4) is 0 Å². The molecule has 0 aliphatic heterocycles. The van der Waals surface area contributed by atoms with Gasteiger partial charge in [-0.05, 0) is 38.0 Å². The molecule has 1 atom stereocenters. The number of hydrogen-bond donors (Lipinski definition) is 1. The predicted molar refractivity (Wildman–Crippen MR) is 78.8 cm³/mol. The van der Waals surface area contributed by atoms with Crippen molar-refractivity contribution >= 4 is 17.5 Å². The molecule has 0 fully saturated rings. The first-order chi connectivity index (χ1) is 9.01. The van der Waals surface area contributed by atoms with Crippen LogP contribution >= 0.6 is 11.6 Å². The molecule has 0 spiro atoms. The first-order valence-corrected chi connectivity index (χ1v) is 7.18. The van der Waals surface area contributed by atoms with E-state index in [4.69, 9.17) is 11.6 Å². The van der Waals surface area contributed by atoms with Crippen LogP contribution in [-0.4, -0.2) is 28.5 Å². The molecular weight excluding hydrogens is 262 g/mol. The van der Waals surface area contributed by atoms with E-state index in [1.165, 1.54) is 6.07 Å². The number of unbranched alkanes of at least 4 members (excludes halogenated alkanes) is 1. The zero-order chi connectivity index (χ0) is 14.4. The van der Waals surface area contributed by atoms with Gasteiger partial charge in [-0.25, -0.2) is 0 Å². The highest BCUT2D eigenvalue weighted by molar-refractivity contribution is 6.30. The summed E-state index contributed by atoms with van der Waals surface area (Å²) < 4.78 is 0. The second-order valence-electron chi connectivity index (χ2n) is 4.77. The number of carbonyl (C=O) groups excluding carboxylic acids is 1. The molecule has 0 radical (unpaired) electrons. The lowest BCUT2D eigenvalue weighted by atomic mass is 10.1. The number of rotatable bonds is 6.